The Morgan fingerprint density at radius 2 is 2.00 bits per heavy atom. The van der Waals surface area contributed by atoms with E-state index in [1.54, 1.807) is 14.2 Å². The van der Waals surface area contributed by atoms with Crippen molar-refractivity contribution in [3.05, 3.63) is 29.8 Å². The minimum Gasteiger partial charge on any atom is -0.497 e. The molecular weight excluding hydrogens is 360 g/mol. The number of anilines is 1. The lowest BCUT2D eigenvalue weighted by molar-refractivity contribution is -0.118. The summed E-state index contributed by atoms with van der Waals surface area (Å²) in [4.78, 5) is 11.9. The third-order valence-electron chi connectivity index (χ3n) is 3.21. The molecule has 0 unspecified atom stereocenters. The van der Waals surface area contributed by atoms with Crippen molar-refractivity contribution in [2.75, 3.05) is 45.0 Å². The number of nitrogens with zero attached hydrogens (tertiary/aromatic N) is 2. The van der Waals surface area contributed by atoms with Gasteiger partial charge in [0.2, 0.25) is 11.0 Å². The normalized spacial score (nSPS) is 10.5. The summed E-state index contributed by atoms with van der Waals surface area (Å²) in [5.74, 6) is 1.15. The molecule has 1 aromatic heterocycles. The topological polar surface area (TPSA) is 85.4 Å². The first kappa shape index (κ1) is 19.5. The number of rotatable bonds is 11. The summed E-state index contributed by atoms with van der Waals surface area (Å²) < 4.78 is 10.9. The highest BCUT2D eigenvalue weighted by molar-refractivity contribution is 8.01. The number of thioether (sulfide) groups is 1. The maximum Gasteiger partial charge on any atom is 0.230 e. The van der Waals surface area contributed by atoms with Crippen LogP contribution >= 0.6 is 23.1 Å². The van der Waals surface area contributed by atoms with E-state index in [0.717, 1.165) is 27.2 Å². The van der Waals surface area contributed by atoms with Gasteiger partial charge in [0.05, 0.1) is 19.5 Å². The van der Waals surface area contributed by atoms with Crippen molar-refractivity contribution in [1.29, 1.82) is 0 Å². The minimum atomic E-state index is -0.0115. The van der Waals surface area contributed by atoms with Crippen LogP contribution in [0.3, 0.4) is 0 Å². The van der Waals surface area contributed by atoms with Gasteiger partial charge in [0.1, 0.15) is 5.75 Å². The highest BCUT2D eigenvalue weighted by Gasteiger charge is 2.08. The van der Waals surface area contributed by atoms with E-state index in [1.165, 1.54) is 23.1 Å². The molecule has 2 aromatic rings. The van der Waals surface area contributed by atoms with Gasteiger partial charge in [-0.05, 0) is 24.1 Å². The fourth-order valence-corrected chi connectivity index (χ4v) is 3.52. The Morgan fingerprint density at radius 1 is 1.20 bits per heavy atom. The van der Waals surface area contributed by atoms with Crippen LogP contribution in [-0.4, -0.2) is 55.8 Å². The van der Waals surface area contributed by atoms with Crippen LogP contribution in [0.5, 0.6) is 5.75 Å². The Labute approximate surface area is 155 Å². The number of methoxy groups -OCH3 is 2. The highest BCUT2D eigenvalue weighted by Crippen LogP contribution is 2.25. The molecule has 1 aromatic carbocycles. The predicted molar refractivity (Wildman–Crippen MR) is 101 cm³/mol. The van der Waals surface area contributed by atoms with Crippen molar-refractivity contribution in [3.63, 3.8) is 0 Å². The number of hydrogen-bond acceptors (Lipinski definition) is 8. The van der Waals surface area contributed by atoms with E-state index in [2.05, 4.69) is 20.8 Å². The molecule has 0 radical (unpaired) electrons. The second-order valence-electron chi connectivity index (χ2n) is 5.03. The zero-order valence-electron chi connectivity index (χ0n) is 14.3. The minimum absolute atomic E-state index is 0.0115. The lowest BCUT2D eigenvalue weighted by Crippen LogP contribution is -2.27. The zero-order valence-corrected chi connectivity index (χ0v) is 15.9. The highest BCUT2D eigenvalue weighted by atomic mass is 32.2. The van der Waals surface area contributed by atoms with Crippen LogP contribution in [0.4, 0.5) is 5.13 Å². The van der Waals surface area contributed by atoms with E-state index in [-0.39, 0.29) is 5.91 Å². The molecule has 0 spiro atoms. The molecule has 0 bridgehead atoms. The number of carbonyl (C=O) groups is 1. The summed E-state index contributed by atoms with van der Waals surface area (Å²) in [5, 5.41) is 14.8. The molecule has 0 saturated carbocycles. The van der Waals surface area contributed by atoms with Gasteiger partial charge < -0.3 is 20.1 Å². The van der Waals surface area contributed by atoms with E-state index in [4.69, 9.17) is 9.47 Å². The van der Waals surface area contributed by atoms with Gasteiger partial charge in [-0.25, -0.2) is 0 Å². The average Bonchev–Trinajstić information content (AvgIpc) is 3.09. The molecule has 7 nitrogen and oxygen atoms in total. The molecule has 9 heteroatoms. The second kappa shape index (κ2) is 10.9. The lowest BCUT2D eigenvalue weighted by atomic mass is 10.1. The molecule has 1 heterocycles. The largest absolute Gasteiger partial charge is 0.497 e. The van der Waals surface area contributed by atoms with Crippen LogP contribution in [0, 0.1) is 0 Å². The molecule has 1 amide bonds. The molecule has 0 aliphatic heterocycles. The Kier molecular flexibility index (Phi) is 8.50. The fourth-order valence-electron chi connectivity index (χ4n) is 1.92. The average molecular weight is 383 g/mol. The summed E-state index contributed by atoms with van der Waals surface area (Å²) >= 11 is 2.82. The number of benzene rings is 1. The van der Waals surface area contributed by atoms with Gasteiger partial charge in [0.25, 0.3) is 0 Å². The number of carbonyl (C=O) groups excluding carboxylic acids is 1. The van der Waals surface area contributed by atoms with Gasteiger partial charge in [-0.2, -0.15) is 0 Å². The Bertz CT molecular complexity index is 649. The van der Waals surface area contributed by atoms with Crippen molar-refractivity contribution in [2.45, 2.75) is 10.8 Å². The number of aromatic nitrogens is 2. The van der Waals surface area contributed by atoms with E-state index in [9.17, 15) is 4.79 Å². The van der Waals surface area contributed by atoms with E-state index >= 15 is 0 Å². The van der Waals surface area contributed by atoms with Crippen LogP contribution in [0.2, 0.25) is 0 Å². The van der Waals surface area contributed by atoms with Crippen molar-refractivity contribution >= 4 is 34.1 Å². The maximum absolute atomic E-state index is 11.9. The molecule has 0 aliphatic rings. The van der Waals surface area contributed by atoms with Gasteiger partial charge in [-0.1, -0.05) is 35.2 Å². The summed E-state index contributed by atoms with van der Waals surface area (Å²) in [6.45, 7) is 1.89. The summed E-state index contributed by atoms with van der Waals surface area (Å²) in [6.07, 6.45) is 0.785. The first-order chi connectivity index (χ1) is 12.2. The monoisotopic (exact) mass is 382 g/mol. The molecule has 0 aliphatic carbocycles. The molecular formula is C16H22N4O3S2. The molecule has 0 saturated heterocycles. The van der Waals surface area contributed by atoms with Crippen molar-refractivity contribution in [2.24, 2.45) is 0 Å². The number of amides is 1. The Morgan fingerprint density at radius 3 is 2.72 bits per heavy atom. The predicted octanol–water partition coefficient (Wildman–Crippen LogP) is 2.06. The Hall–Kier alpha value is -1.84. The van der Waals surface area contributed by atoms with Gasteiger partial charge >= 0.3 is 0 Å². The first-order valence-corrected chi connectivity index (χ1v) is 9.60. The van der Waals surface area contributed by atoms with Gasteiger partial charge in [-0.3, -0.25) is 4.79 Å². The fraction of sp³-hybridized carbons (Fsp3) is 0.438. The van der Waals surface area contributed by atoms with E-state index in [0.29, 0.717) is 25.4 Å². The maximum atomic E-state index is 11.9. The molecule has 2 N–H and O–H groups in total. The Balaban J connectivity index is 1.63. The van der Waals surface area contributed by atoms with Gasteiger partial charge in [-0.15, -0.1) is 10.2 Å². The smallest absolute Gasteiger partial charge is 0.230 e. The standard InChI is InChI=1S/C16H22N4O3S2/c1-22-10-9-18-15-19-20-16(25-15)24-11-14(21)17-8-7-12-3-5-13(23-2)6-4-12/h3-6H,7-11H2,1-2H3,(H,17,21)(H,18,19). The summed E-state index contributed by atoms with van der Waals surface area (Å²) in [5.41, 5.74) is 1.16. The van der Waals surface area contributed by atoms with Crippen LogP contribution < -0.4 is 15.4 Å². The third-order valence-corrected chi connectivity index (χ3v) is 5.22. The van der Waals surface area contributed by atoms with Crippen molar-refractivity contribution in [3.8, 4) is 5.75 Å². The quantitative estimate of drug-likeness (QED) is 0.454. The summed E-state index contributed by atoms with van der Waals surface area (Å²) in [7, 11) is 3.29. The number of nitrogens with one attached hydrogen (secondary N) is 2. The van der Waals surface area contributed by atoms with E-state index in [1.807, 2.05) is 24.3 Å². The lowest BCUT2D eigenvalue weighted by Gasteiger charge is -2.05. The van der Waals surface area contributed by atoms with Crippen LogP contribution in [0.25, 0.3) is 0 Å². The van der Waals surface area contributed by atoms with E-state index < -0.39 is 0 Å². The molecule has 2 rings (SSSR count). The van der Waals surface area contributed by atoms with Crippen LogP contribution in [0.1, 0.15) is 5.56 Å². The molecule has 25 heavy (non-hydrogen) atoms. The van der Waals surface area contributed by atoms with Crippen molar-refractivity contribution in [1.82, 2.24) is 15.5 Å². The van der Waals surface area contributed by atoms with Crippen molar-refractivity contribution < 1.29 is 14.3 Å². The zero-order chi connectivity index (χ0) is 17.9. The number of hydrogen-bond donors (Lipinski definition) is 2. The van der Waals surface area contributed by atoms with Crippen LogP contribution in [-0.2, 0) is 16.0 Å². The molecule has 136 valence electrons. The molecule has 0 fully saturated rings. The van der Waals surface area contributed by atoms with Gasteiger partial charge in [0.15, 0.2) is 4.34 Å². The second-order valence-corrected chi connectivity index (χ2v) is 7.23. The number of ether oxygens (including phenoxy) is 2. The van der Waals surface area contributed by atoms with Gasteiger partial charge in [0, 0.05) is 20.2 Å². The van der Waals surface area contributed by atoms with Crippen LogP contribution in [0.15, 0.2) is 28.6 Å². The third kappa shape index (κ3) is 7.29. The summed E-state index contributed by atoms with van der Waals surface area (Å²) in [6, 6.07) is 7.83. The molecule has 0 atom stereocenters. The SMILES string of the molecule is COCCNc1nnc(SCC(=O)NCCc2ccc(OC)cc2)s1. The first-order valence-electron chi connectivity index (χ1n) is 7.80.